The van der Waals surface area contributed by atoms with Gasteiger partial charge in [0, 0.05) is 32.0 Å². The van der Waals surface area contributed by atoms with Gasteiger partial charge in [-0.2, -0.15) is 0 Å². The number of carbonyl (C=O) groups is 3. The summed E-state index contributed by atoms with van der Waals surface area (Å²) in [4.78, 5) is 43.3. The lowest BCUT2D eigenvalue weighted by Crippen LogP contribution is -2.66. The molecule has 444 valence electrons. The van der Waals surface area contributed by atoms with E-state index in [-0.39, 0.29) is 35.3 Å². The Morgan fingerprint density at radius 1 is 0.500 bits per heavy atom. The van der Waals surface area contributed by atoms with Gasteiger partial charge in [0.15, 0.2) is 0 Å². The van der Waals surface area contributed by atoms with Crippen molar-refractivity contribution in [2.45, 2.75) is 271 Å². The van der Waals surface area contributed by atoms with E-state index in [0.29, 0.717) is 25.7 Å². The van der Waals surface area contributed by atoms with E-state index in [1.54, 1.807) is 11.9 Å². The van der Waals surface area contributed by atoms with Crippen molar-refractivity contribution in [1.29, 1.82) is 0 Å². The van der Waals surface area contributed by atoms with Gasteiger partial charge in [-0.25, -0.2) is 0 Å². The SMILES string of the molecule is CCCCC/C=C\C/C=C\CCCCCCCC(=O)OCCCCCC(CCCCCO[Si](c1ccccc1)(c1ccccc1)C(C)(C)C)N(C)CCCCOC(=O)CN(C)C(=O)C(CCCCCC)CCCCCCCC. The first-order chi connectivity index (χ1) is 37.9. The molecule has 9 heteroatoms. The third kappa shape index (κ3) is 32.0. The van der Waals surface area contributed by atoms with E-state index in [0.717, 1.165) is 135 Å². The standard InChI is InChI=1S/C69H118N2O6Si/c1-9-12-15-18-20-21-22-23-24-25-26-27-28-30-43-56-66(72)75-58-45-33-37-50-63(51-38-34-46-60-77-78(69(4,5)6,64-52-39-31-40-53-64)65-54-41-32-42-55-65)70(7)57-44-47-59-76-67(73)61-71(8)68(74)62(48-35-17-14-11-3)49-36-29-19-16-13-10-2/h20-21,23-24,31-32,39-42,52-55,62-63H,9-19,22,25-30,33-38,43-51,56-61H2,1-8H3/b21-20-,24-23-. The van der Waals surface area contributed by atoms with E-state index in [4.69, 9.17) is 13.9 Å². The van der Waals surface area contributed by atoms with Crippen molar-refractivity contribution in [2.24, 2.45) is 5.92 Å². The molecule has 2 unspecified atom stereocenters. The van der Waals surface area contributed by atoms with Gasteiger partial charge in [0.1, 0.15) is 6.54 Å². The van der Waals surface area contributed by atoms with E-state index < -0.39 is 8.32 Å². The smallest absolute Gasteiger partial charge is 0.325 e. The molecule has 0 saturated carbocycles. The van der Waals surface area contributed by atoms with E-state index in [9.17, 15) is 14.4 Å². The van der Waals surface area contributed by atoms with Crippen molar-refractivity contribution in [1.82, 2.24) is 9.80 Å². The summed E-state index contributed by atoms with van der Waals surface area (Å²) in [6.45, 7) is 16.3. The van der Waals surface area contributed by atoms with Crippen molar-refractivity contribution < 1.29 is 28.3 Å². The number of unbranched alkanes of at least 4 members (excludes halogenated alkanes) is 21. The summed E-state index contributed by atoms with van der Waals surface area (Å²) in [7, 11) is 1.46. The highest BCUT2D eigenvalue weighted by Crippen LogP contribution is 2.37. The molecule has 2 rings (SSSR count). The Morgan fingerprint density at radius 3 is 1.50 bits per heavy atom. The van der Waals surface area contributed by atoms with Gasteiger partial charge in [-0.1, -0.05) is 249 Å². The molecule has 0 saturated heterocycles. The Balaban J connectivity index is 1.86. The Hall–Kier alpha value is -3.53. The molecule has 0 fully saturated rings. The molecule has 1 amide bonds. The number of hydrogen-bond acceptors (Lipinski definition) is 7. The first-order valence-electron chi connectivity index (χ1n) is 32.2. The second kappa shape index (κ2) is 46.1. The first-order valence-corrected chi connectivity index (χ1v) is 34.1. The number of rotatable bonds is 50. The predicted molar refractivity (Wildman–Crippen MR) is 335 cm³/mol. The van der Waals surface area contributed by atoms with Crippen LogP contribution in [0.2, 0.25) is 5.04 Å². The minimum atomic E-state index is -2.56. The molecule has 0 aliphatic carbocycles. The summed E-state index contributed by atoms with van der Waals surface area (Å²) in [5.41, 5.74) is 0. The number of carbonyl (C=O) groups excluding carboxylic acids is 3. The largest absolute Gasteiger partial charge is 0.466 e. The van der Waals surface area contributed by atoms with Gasteiger partial charge in [-0.05, 0) is 119 Å². The van der Waals surface area contributed by atoms with Crippen LogP contribution in [0.4, 0.5) is 0 Å². The van der Waals surface area contributed by atoms with Crippen LogP contribution < -0.4 is 10.4 Å². The molecule has 0 aliphatic heterocycles. The number of amides is 1. The normalized spacial score (nSPS) is 12.9. The maximum Gasteiger partial charge on any atom is 0.325 e. The van der Waals surface area contributed by atoms with Crippen LogP contribution >= 0.6 is 0 Å². The number of nitrogens with zero attached hydrogens (tertiary/aromatic N) is 2. The lowest BCUT2D eigenvalue weighted by molar-refractivity contribution is -0.150. The van der Waals surface area contributed by atoms with Crippen LogP contribution in [-0.2, 0) is 28.3 Å². The van der Waals surface area contributed by atoms with Crippen molar-refractivity contribution in [2.75, 3.05) is 47.0 Å². The van der Waals surface area contributed by atoms with E-state index >= 15 is 0 Å². The topological polar surface area (TPSA) is 85.4 Å². The second-order valence-electron chi connectivity index (χ2n) is 23.8. The number of allylic oxidation sites excluding steroid dienone is 4. The summed E-state index contributed by atoms with van der Waals surface area (Å²) in [6, 6.07) is 22.3. The molecule has 0 aromatic heterocycles. The molecule has 8 nitrogen and oxygen atoms in total. The van der Waals surface area contributed by atoms with Crippen molar-refractivity contribution in [3.05, 3.63) is 85.0 Å². The second-order valence-corrected chi connectivity index (χ2v) is 28.1. The minimum Gasteiger partial charge on any atom is -0.466 e. The zero-order valence-electron chi connectivity index (χ0n) is 51.7. The molecule has 0 N–H and O–H groups in total. The highest BCUT2D eigenvalue weighted by molar-refractivity contribution is 6.99. The van der Waals surface area contributed by atoms with Crippen LogP contribution in [0.5, 0.6) is 0 Å². The number of ether oxygens (including phenoxy) is 2. The molecule has 0 radical (unpaired) electrons. The van der Waals surface area contributed by atoms with Crippen LogP contribution in [0.1, 0.15) is 260 Å². The molecular formula is C69H118N2O6Si. The van der Waals surface area contributed by atoms with E-state index in [1.807, 2.05) is 0 Å². The summed E-state index contributed by atoms with van der Waals surface area (Å²) in [5, 5.41) is 2.61. The molecule has 0 aliphatic rings. The van der Waals surface area contributed by atoms with Crippen LogP contribution in [0.25, 0.3) is 0 Å². The third-order valence-electron chi connectivity index (χ3n) is 15.9. The van der Waals surface area contributed by atoms with Crippen LogP contribution in [0, 0.1) is 5.92 Å². The monoisotopic (exact) mass is 1100 g/mol. The molecule has 0 bridgehead atoms. The zero-order chi connectivity index (χ0) is 56.8. The average molecular weight is 1100 g/mol. The zero-order valence-corrected chi connectivity index (χ0v) is 52.7. The fraction of sp³-hybridized carbons (Fsp3) is 0.725. The van der Waals surface area contributed by atoms with Crippen molar-refractivity contribution in [3.8, 4) is 0 Å². The molecule has 0 heterocycles. The number of benzene rings is 2. The average Bonchev–Trinajstić information content (AvgIpc) is 3.51. The van der Waals surface area contributed by atoms with Gasteiger partial charge in [0.05, 0.1) is 13.2 Å². The van der Waals surface area contributed by atoms with Gasteiger partial charge < -0.3 is 23.7 Å². The maximum absolute atomic E-state index is 13.6. The molecule has 2 aromatic carbocycles. The fourth-order valence-electron chi connectivity index (χ4n) is 11.1. The predicted octanol–water partition coefficient (Wildman–Crippen LogP) is 17.5. The minimum absolute atomic E-state index is 0.00936. The Bertz CT molecular complexity index is 1770. The van der Waals surface area contributed by atoms with Crippen LogP contribution in [0.15, 0.2) is 85.0 Å². The third-order valence-corrected chi connectivity index (χ3v) is 20.9. The van der Waals surface area contributed by atoms with Crippen molar-refractivity contribution >= 4 is 36.5 Å². The number of likely N-dealkylation sites (N-methyl/N-ethyl adjacent to an activating group) is 1. The maximum atomic E-state index is 13.6. The first kappa shape index (κ1) is 70.6. The molecule has 78 heavy (non-hydrogen) atoms. The molecule has 2 atom stereocenters. The summed E-state index contributed by atoms with van der Waals surface area (Å²) < 4.78 is 18.6. The van der Waals surface area contributed by atoms with Gasteiger partial charge in [0.2, 0.25) is 5.91 Å². The van der Waals surface area contributed by atoms with Crippen LogP contribution in [-0.4, -0.2) is 89.0 Å². The lowest BCUT2D eigenvalue weighted by atomic mass is 9.93. The lowest BCUT2D eigenvalue weighted by Gasteiger charge is -2.43. The molecule has 0 spiro atoms. The molecule has 2 aromatic rings. The highest BCUT2D eigenvalue weighted by atomic mass is 28.4. The summed E-state index contributed by atoms with van der Waals surface area (Å²) in [5.74, 6) is -0.276. The summed E-state index contributed by atoms with van der Waals surface area (Å²) >= 11 is 0. The molecular weight excluding hydrogens is 981 g/mol. The Labute approximate surface area is 481 Å². The van der Waals surface area contributed by atoms with Crippen LogP contribution in [0.3, 0.4) is 0 Å². The highest BCUT2D eigenvalue weighted by Gasteiger charge is 2.50. The number of esters is 2. The van der Waals surface area contributed by atoms with Crippen molar-refractivity contribution in [3.63, 3.8) is 0 Å². The van der Waals surface area contributed by atoms with Gasteiger partial charge >= 0.3 is 11.9 Å². The fourth-order valence-corrected chi connectivity index (χ4v) is 15.7. The number of hydrogen-bond donors (Lipinski definition) is 0. The van der Waals surface area contributed by atoms with Gasteiger partial charge in [-0.15, -0.1) is 0 Å². The van der Waals surface area contributed by atoms with Gasteiger partial charge in [0.25, 0.3) is 8.32 Å². The quantitative estimate of drug-likeness (QED) is 0.0282. The Kier molecular flexibility index (Phi) is 41.7. The Morgan fingerprint density at radius 2 is 0.936 bits per heavy atom. The van der Waals surface area contributed by atoms with Gasteiger partial charge in [-0.3, -0.25) is 14.4 Å². The van der Waals surface area contributed by atoms with E-state index in [2.05, 4.69) is 138 Å². The van der Waals surface area contributed by atoms with E-state index in [1.165, 1.54) is 100 Å². The summed E-state index contributed by atoms with van der Waals surface area (Å²) in [6.07, 6.45) is 46.6.